The van der Waals surface area contributed by atoms with E-state index >= 15 is 0 Å². The molecule has 0 radical (unpaired) electrons. The topological polar surface area (TPSA) is 84.5 Å². The van der Waals surface area contributed by atoms with E-state index in [4.69, 9.17) is 4.74 Å². The Balaban J connectivity index is 2.02. The molecule has 1 saturated heterocycles. The Hall–Kier alpha value is -1.58. The summed E-state index contributed by atoms with van der Waals surface area (Å²) in [6.07, 6.45) is 0.145. The molecule has 1 aliphatic heterocycles. The normalized spacial score (nSPS) is 19.1. The number of rotatable bonds is 5. The lowest BCUT2D eigenvalue weighted by molar-refractivity contribution is -0.117. The van der Waals surface area contributed by atoms with E-state index in [0.29, 0.717) is 19.8 Å². The molecule has 1 amide bonds. The molecule has 6 nitrogen and oxygen atoms in total. The molecule has 0 saturated carbocycles. The molecule has 1 fully saturated rings. The molecule has 2 rings (SSSR count). The van der Waals surface area contributed by atoms with Crippen LogP contribution in [0.2, 0.25) is 0 Å². The van der Waals surface area contributed by atoms with Gasteiger partial charge in [-0.05, 0) is 18.2 Å². The Kier molecular flexibility index (Phi) is 5.43. The largest absolute Gasteiger partial charge is 0.378 e. The zero-order chi connectivity index (χ0) is 16.2. The first-order valence-electron chi connectivity index (χ1n) is 6.62. The van der Waals surface area contributed by atoms with Gasteiger partial charge in [0.1, 0.15) is 0 Å². The van der Waals surface area contributed by atoms with Gasteiger partial charge in [-0.3, -0.25) is 4.79 Å². The first kappa shape index (κ1) is 16.8. The minimum atomic E-state index is -4.68. The van der Waals surface area contributed by atoms with E-state index in [9.17, 15) is 22.0 Å². The molecule has 9 heteroatoms. The van der Waals surface area contributed by atoms with Crippen LogP contribution in [0.1, 0.15) is 6.42 Å². The number of carbonyl (C=O) groups is 1. The molecule has 0 aromatic heterocycles. The number of morpholine rings is 1. The predicted octanol–water partition coefficient (Wildman–Crippen LogP) is 1.000. The van der Waals surface area contributed by atoms with Crippen LogP contribution in [0.3, 0.4) is 0 Å². The fraction of sp³-hybridized carbons (Fsp3) is 0.462. The highest BCUT2D eigenvalue weighted by Crippen LogP contribution is 2.21. The Morgan fingerprint density at radius 2 is 2.23 bits per heavy atom. The van der Waals surface area contributed by atoms with E-state index in [0.717, 1.165) is 12.1 Å². The Labute approximate surface area is 126 Å². The average Bonchev–Trinajstić information content (AvgIpc) is 2.48. The van der Waals surface area contributed by atoms with Gasteiger partial charge in [0.05, 0.1) is 18.1 Å². The molecule has 1 aromatic carbocycles. The smallest absolute Gasteiger partial charge is 0.341 e. The van der Waals surface area contributed by atoms with Crippen molar-refractivity contribution in [2.24, 2.45) is 0 Å². The van der Waals surface area contributed by atoms with E-state index < -0.39 is 20.5 Å². The summed E-state index contributed by atoms with van der Waals surface area (Å²) >= 11 is 0. The maximum Gasteiger partial charge on any atom is 0.341 e. The van der Waals surface area contributed by atoms with Gasteiger partial charge in [0.15, 0.2) is 0 Å². The molecule has 1 aliphatic rings. The maximum atomic E-state index is 12.5. The Bertz CT molecular complexity index is 631. The Morgan fingerprint density at radius 1 is 1.45 bits per heavy atom. The van der Waals surface area contributed by atoms with Crippen molar-refractivity contribution in [3.05, 3.63) is 24.3 Å². The van der Waals surface area contributed by atoms with Gasteiger partial charge in [0.2, 0.25) is 15.7 Å². The number of amides is 1. The second kappa shape index (κ2) is 7.12. The highest BCUT2D eigenvalue weighted by Gasteiger charge is 2.26. The molecule has 1 aromatic rings. The van der Waals surface area contributed by atoms with Crippen molar-refractivity contribution in [3.8, 4) is 0 Å². The SMILES string of the molecule is O=C(CC1COCCN1)Nc1cccc(S(=O)(=O)C(F)F)c1. The molecule has 1 atom stereocenters. The van der Waals surface area contributed by atoms with Crippen LogP contribution < -0.4 is 10.6 Å². The van der Waals surface area contributed by atoms with Gasteiger partial charge < -0.3 is 15.4 Å². The number of hydrogen-bond donors (Lipinski definition) is 2. The van der Waals surface area contributed by atoms with Crippen LogP contribution in [0, 0.1) is 0 Å². The highest BCUT2D eigenvalue weighted by molar-refractivity contribution is 7.91. The van der Waals surface area contributed by atoms with Crippen molar-refractivity contribution in [2.45, 2.75) is 23.1 Å². The third kappa shape index (κ3) is 4.21. The zero-order valence-corrected chi connectivity index (χ0v) is 12.4. The van der Waals surface area contributed by atoms with Crippen LogP contribution in [-0.2, 0) is 19.4 Å². The fourth-order valence-corrected chi connectivity index (χ4v) is 2.81. The predicted molar refractivity (Wildman–Crippen MR) is 75.5 cm³/mol. The molecule has 0 aliphatic carbocycles. The van der Waals surface area contributed by atoms with E-state index in [1.807, 2.05) is 0 Å². The number of anilines is 1. The third-order valence-electron chi connectivity index (χ3n) is 3.11. The van der Waals surface area contributed by atoms with Crippen LogP contribution in [-0.4, -0.2) is 45.9 Å². The summed E-state index contributed by atoms with van der Waals surface area (Å²) < 4.78 is 53.0. The van der Waals surface area contributed by atoms with E-state index in [1.165, 1.54) is 12.1 Å². The number of hydrogen-bond acceptors (Lipinski definition) is 5. The second-order valence-corrected chi connectivity index (χ2v) is 6.73. The van der Waals surface area contributed by atoms with Gasteiger partial charge in [-0.1, -0.05) is 6.07 Å². The number of alkyl halides is 2. The number of benzene rings is 1. The lowest BCUT2D eigenvalue weighted by Gasteiger charge is -2.23. The van der Waals surface area contributed by atoms with Crippen molar-refractivity contribution in [2.75, 3.05) is 25.1 Å². The Morgan fingerprint density at radius 3 is 2.86 bits per heavy atom. The van der Waals surface area contributed by atoms with Crippen LogP contribution in [0.5, 0.6) is 0 Å². The lowest BCUT2D eigenvalue weighted by atomic mass is 10.2. The van der Waals surface area contributed by atoms with Crippen molar-refractivity contribution in [3.63, 3.8) is 0 Å². The molecule has 1 heterocycles. The quantitative estimate of drug-likeness (QED) is 0.839. The van der Waals surface area contributed by atoms with Crippen LogP contribution in [0.4, 0.5) is 14.5 Å². The summed E-state index contributed by atoms with van der Waals surface area (Å²) in [6, 6.07) is 4.69. The number of sulfone groups is 1. The van der Waals surface area contributed by atoms with E-state index in [-0.39, 0.29) is 24.1 Å². The van der Waals surface area contributed by atoms with Crippen LogP contribution in [0.25, 0.3) is 0 Å². The fourth-order valence-electron chi connectivity index (χ4n) is 2.04. The van der Waals surface area contributed by atoms with Gasteiger partial charge in [0, 0.05) is 24.7 Å². The van der Waals surface area contributed by atoms with Crippen molar-refractivity contribution in [1.29, 1.82) is 0 Å². The zero-order valence-electron chi connectivity index (χ0n) is 11.6. The number of carbonyl (C=O) groups excluding carboxylic acids is 1. The summed E-state index contributed by atoms with van der Waals surface area (Å²) in [5.74, 6) is -3.85. The van der Waals surface area contributed by atoms with Gasteiger partial charge in [0.25, 0.3) is 0 Å². The second-order valence-electron chi connectivity index (χ2n) is 4.81. The molecule has 0 spiro atoms. The molecule has 1 unspecified atom stereocenters. The van der Waals surface area contributed by atoms with Crippen molar-refractivity contribution in [1.82, 2.24) is 5.32 Å². The molecule has 22 heavy (non-hydrogen) atoms. The van der Waals surface area contributed by atoms with Crippen LogP contribution >= 0.6 is 0 Å². The first-order chi connectivity index (χ1) is 10.4. The summed E-state index contributed by atoms with van der Waals surface area (Å²) in [7, 11) is -4.68. The van der Waals surface area contributed by atoms with Gasteiger partial charge in [-0.15, -0.1) is 0 Å². The highest BCUT2D eigenvalue weighted by atomic mass is 32.2. The van der Waals surface area contributed by atoms with E-state index in [1.54, 1.807) is 0 Å². The third-order valence-corrected chi connectivity index (χ3v) is 4.49. The van der Waals surface area contributed by atoms with Gasteiger partial charge in [-0.2, -0.15) is 8.78 Å². The number of ether oxygens (including phenoxy) is 1. The molecular weight excluding hydrogens is 318 g/mol. The molecule has 0 bridgehead atoms. The summed E-state index contributed by atoms with van der Waals surface area (Å²) in [6.45, 7) is 1.65. The minimum Gasteiger partial charge on any atom is -0.378 e. The lowest BCUT2D eigenvalue weighted by Crippen LogP contribution is -2.43. The summed E-state index contributed by atoms with van der Waals surface area (Å²) in [4.78, 5) is 11.3. The molecular formula is C13H16F2N2O4S. The standard InChI is InChI=1S/C13H16F2N2O4S/c14-13(15)22(19,20)11-3-1-2-9(6-11)17-12(18)7-10-8-21-5-4-16-10/h1-3,6,10,13,16H,4-5,7-8H2,(H,17,18). The van der Waals surface area contributed by atoms with Gasteiger partial charge in [-0.25, -0.2) is 8.42 Å². The monoisotopic (exact) mass is 334 g/mol. The maximum absolute atomic E-state index is 12.5. The minimum absolute atomic E-state index is 0.123. The molecule has 2 N–H and O–H groups in total. The van der Waals surface area contributed by atoms with Gasteiger partial charge >= 0.3 is 5.76 Å². The van der Waals surface area contributed by atoms with E-state index in [2.05, 4.69) is 10.6 Å². The van der Waals surface area contributed by atoms with Crippen molar-refractivity contribution >= 4 is 21.4 Å². The van der Waals surface area contributed by atoms with Crippen molar-refractivity contribution < 1.29 is 26.7 Å². The number of nitrogens with one attached hydrogen (secondary N) is 2. The first-order valence-corrected chi connectivity index (χ1v) is 8.17. The average molecular weight is 334 g/mol. The summed E-state index contributed by atoms with van der Waals surface area (Å²) in [5, 5.41) is 5.60. The number of halogens is 2. The van der Waals surface area contributed by atoms with Crippen LogP contribution in [0.15, 0.2) is 29.2 Å². The molecule has 122 valence electrons. The summed E-state index contributed by atoms with van der Waals surface area (Å²) in [5.41, 5.74) is 0.156.